The molecule has 1 aromatic rings. The highest BCUT2D eigenvalue weighted by atomic mass is 35.5. The Bertz CT molecular complexity index is 617. The van der Waals surface area contributed by atoms with Crippen LogP contribution in [0.2, 0.25) is 5.02 Å². The van der Waals surface area contributed by atoms with Crippen LogP contribution in [0.4, 0.5) is 5.69 Å². The largest absolute Gasteiger partial charge is 0.398 e. The van der Waals surface area contributed by atoms with Crippen LogP contribution >= 0.6 is 11.6 Å². The molecule has 2 atom stereocenters. The number of benzene rings is 1. The van der Waals surface area contributed by atoms with Gasteiger partial charge in [-0.2, -0.15) is 0 Å². The van der Waals surface area contributed by atoms with Crippen molar-refractivity contribution in [1.29, 1.82) is 0 Å². The van der Waals surface area contributed by atoms with E-state index in [0.29, 0.717) is 11.6 Å². The van der Waals surface area contributed by atoms with Gasteiger partial charge in [-0.1, -0.05) is 11.6 Å². The van der Waals surface area contributed by atoms with Crippen LogP contribution < -0.4 is 5.73 Å². The van der Waals surface area contributed by atoms with Gasteiger partial charge in [0.25, 0.3) is 5.91 Å². The summed E-state index contributed by atoms with van der Waals surface area (Å²) in [6, 6.07) is 3.97. The van der Waals surface area contributed by atoms with Gasteiger partial charge in [0.1, 0.15) is 6.10 Å². The Morgan fingerprint density at radius 1 is 1.42 bits per heavy atom. The number of amides is 1. The van der Waals surface area contributed by atoms with Gasteiger partial charge in [-0.05, 0) is 49.9 Å². The molecule has 6 heteroatoms. The molecule has 0 bridgehead atoms. The molecule has 2 fully saturated rings. The van der Waals surface area contributed by atoms with Crippen molar-refractivity contribution in [2.45, 2.75) is 45.4 Å². The quantitative estimate of drug-likeness (QED) is 0.850. The topological polar surface area (TPSA) is 58.8 Å². The molecule has 0 aromatic heterocycles. The van der Waals surface area contributed by atoms with E-state index in [1.54, 1.807) is 6.07 Å². The third kappa shape index (κ3) is 3.68. The lowest BCUT2D eigenvalue weighted by Crippen LogP contribution is -2.55. The number of hydrogen-bond donors (Lipinski definition) is 1. The second kappa shape index (κ2) is 7.30. The molecular weight excluding hydrogens is 326 g/mol. The molecule has 0 spiro atoms. The fourth-order valence-electron chi connectivity index (χ4n) is 3.63. The molecule has 2 aliphatic rings. The SMILES string of the molecule is Cc1c(N)cc(Cl)cc1CN1CCN(C(=O)C2CCCO2)C(C)C1. The Morgan fingerprint density at radius 2 is 2.21 bits per heavy atom. The lowest BCUT2D eigenvalue weighted by molar-refractivity contribution is -0.145. The Labute approximate surface area is 148 Å². The summed E-state index contributed by atoms with van der Waals surface area (Å²) in [6.45, 7) is 8.11. The first kappa shape index (κ1) is 17.5. The van der Waals surface area contributed by atoms with E-state index >= 15 is 0 Å². The summed E-state index contributed by atoms with van der Waals surface area (Å²) in [7, 11) is 0. The third-order valence-corrected chi connectivity index (χ3v) is 5.33. The minimum atomic E-state index is -0.228. The Morgan fingerprint density at radius 3 is 2.88 bits per heavy atom. The monoisotopic (exact) mass is 351 g/mol. The molecule has 1 amide bonds. The number of carbonyl (C=O) groups excluding carboxylic acids is 1. The molecule has 24 heavy (non-hydrogen) atoms. The van der Waals surface area contributed by atoms with E-state index in [9.17, 15) is 4.79 Å². The molecule has 2 N–H and O–H groups in total. The predicted octanol–water partition coefficient (Wildman–Crippen LogP) is 2.44. The number of halogens is 1. The average Bonchev–Trinajstić information content (AvgIpc) is 3.06. The molecule has 0 aliphatic carbocycles. The molecule has 5 nitrogen and oxygen atoms in total. The van der Waals surface area contributed by atoms with E-state index in [2.05, 4.69) is 11.8 Å². The van der Waals surface area contributed by atoms with E-state index in [1.165, 1.54) is 0 Å². The summed E-state index contributed by atoms with van der Waals surface area (Å²) in [5.74, 6) is 0.155. The van der Waals surface area contributed by atoms with Gasteiger partial charge in [0.05, 0.1) is 0 Å². The van der Waals surface area contributed by atoms with Crippen molar-refractivity contribution in [3.63, 3.8) is 0 Å². The summed E-state index contributed by atoms with van der Waals surface area (Å²) in [5, 5.41) is 0.674. The maximum atomic E-state index is 12.6. The Hall–Kier alpha value is -1.30. The van der Waals surface area contributed by atoms with Crippen LogP contribution in [-0.2, 0) is 16.1 Å². The summed E-state index contributed by atoms with van der Waals surface area (Å²) < 4.78 is 5.55. The highest BCUT2D eigenvalue weighted by Gasteiger charge is 2.33. The van der Waals surface area contributed by atoms with Gasteiger partial charge >= 0.3 is 0 Å². The van der Waals surface area contributed by atoms with E-state index in [1.807, 2.05) is 17.9 Å². The van der Waals surface area contributed by atoms with Crippen LogP contribution in [0.25, 0.3) is 0 Å². The number of anilines is 1. The number of nitrogens with zero attached hydrogens (tertiary/aromatic N) is 2. The minimum absolute atomic E-state index is 0.155. The fourth-order valence-corrected chi connectivity index (χ4v) is 3.87. The van der Waals surface area contributed by atoms with Crippen LogP contribution in [0, 0.1) is 6.92 Å². The molecular formula is C18H26ClN3O2. The molecule has 2 aliphatic heterocycles. The van der Waals surface area contributed by atoms with Gasteiger partial charge in [0.15, 0.2) is 0 Å². The van der Waals surface area contributed by atoms with Crippen LogP contribution in [0.5, 0.6) is 0 Å². The smallest absolute Gasteiger partial charge is 0.252 e. The summed E-state index contributed by atoms with van der Waals surface area (Å²) >= 11 is 6.14. The molecule has 0 radical (unpaired) electrons. The van der Waals surface area contributed by atoms with Gasteiger partial charge in [-0.25, -0.2) is 0 Å². The van der Waals surface area contributed by atoms with Crippen LogP contribution in [0.1, 0.15) is 30.9 Å². The zero-order chi connectivity index (χ0) is 17.3. The summed E-state index contributed by atoms with van der Waals surface area (Å²) in [5.41, 5.74) is 9.00. The van der Waals surface area contributed by atoms with Gasteiger partial charge in [-0.15, -0.1) is 0 Å². The molecule has 2 heterocycles. The average molecular weight is 352 g/mol. The van der Waals surface area contributed by atoms with Crippen molar-refractivity contribution in [2.75, 3.05) is 32.0 Å². The highest BCUT2D eigenvalue weighted by Crippen LogP contribution is 2.25. The van der Waals surface area contributed by atoms with E-state index in [-0.39, 0.29) is 18.1 Å². The van der Waals surface area contributed by atoms with Gasteiger partial charge in [0, 0.05) is 49.5 Å². The second-order valence-corrected chi connectivity index (χ2v) is 7.33. The number of rotatable bonds is 3. The molecule has 0 saturated carbocycles. The normalized spacial score (nSPS) is 25.2. The van der Waals surface area contributed by atoms with Crippen molar-refractivity contribution in [2.24, 2.45) is 0 Å². The zero-order valence-electron chi connectivity index (χ0n) is 14.4. The molecule has 2 unspecified atom stereocenters. The van der Waals surface area contributed by atoms with Crippen molar-refractivity contribution in [3.05, 3.63) is 28.3 Å². The Balaban J connectivity index is 1.62. The fraction of sp³-hybridized carbons (Fsp3) is 0.611. The second-order valence-electron chi connectivity index (χ2n) is 6.90. The lowest BCUT2D eigenvalue weighted by atomic mass is 10.0. The van der Waals surface area contributed by atoms with Crippen molar-refractivity contribution in [3.8, 4) is 0 Å². The first-order chi connectivity index (χ1) is 11.5. The van der Waals surface area contributed by atoms with E-state index < -0.39 is 0 Å². The maximum Gasteiger partial charge on any atom is 0.252 e. The number of hydrogen-bond acceptors (Lipinski definition) is 4. The van der Waals surface area contributed by atoms with Crippen molar-refractivity contribution < 1.29 is 9.53 Å². The number of nitrogen functional groups attached to an aromatic ring is 1. The number of nitrogens with two attached hydrogens (primary N) is 1. The van der Waals surface area contributed by atoms with Gasteiger partial charge in [-0.3, -0.25) is 9.69 Å². The summed E-state index contributed by atoms with van der Waals surface area (Å²) in [4.78, 5) is 16.9. The van der Waals surface area contributed by atoms with Crippen molar-refractivity contribution in [1.82, 2.24) is 9.80 Å². The van der Waals surface area contributed by atoms with Crippen molar-refractivity contribution >= 4 is 23.2 Å². The first-order valence-electron chi connectivity index (χ1n) is 8.64. The van der Waals surface area contributed by atoms with E-state index in [0.717, 1.165) is 55.8 Å². The molecule has 3 rings (SSSR count). The minimum Gasteiger partial charge on any atom is -0.398 e. The van der Waals surface area contributed by atoms with Crippen LogP contribution in [0.3, 0.4) is 0 Å². The Kier molecular flexibility index (Phi) is 5.33. The number of carbonyl (C=O) groups is 1. The maximum absolute atomic E-state index is 12.6. The third-order valence-electron chi connectivity index (χ3n) is 5.11. The van der Waals surface area contributed by atoms with Crippen LogP contribution in [-0.4, -0.2) is 54.1 Å². The van der Waals surface area contributed by atoms with Gasteiger partial charge in [0.2, 0.25) is 0 Å². The summed E-state index contributed by atoms with van der Waals surface area (Å²) in [6.07, 6.45) is 1.61. The number of piperazine rings is 1. The number of ether oxygens (including phenoxy) is 1. The lowest BCUT2D eigenvalue weighted by Gasteiger charge is -2.41. The zero-order valence-corrected chi connectivity index (χ0v) is 15.2. The molecule has 1 aromatic carbocycles. The first-order valence-corrected chi connectivity index (χ1v) is 9.02. The van der Waals surface area contributed by atoms with Gasteiger partial charge < -0.3 is 15.4 Å². The predicted molar refractivity (Wildman–Crippen MR) is 96.0 cm³/mol. The molecule has 2 saturated heterocycles. The standard InChI is InChI=1S/C18H26ClN3O2/c1-12-10-21(11-14-8-15(19)9-16(20)13(14)2)5-6-22(12)18(23)17-4-3-7-24-17/h8-9,12,17H,3-7,10-11,20H2,1-2H3. The van der Waals surface area contributed by atoms with E-state index in [4.69, 9.17) is 22.1 Å². The highest BCUT2D eigenvalue weighted by molar-refractivity contribution is 6.31. The van der Waals surface area contributed by atoms with Crippen LogP contribution in [0.15, 0.2) is 12.1 Å². The molecule has 132 valence electrons.